The van der Waals surface area contributed by atoms with Crippen molar-refractivity contribution < 1.29 is 9.59 Å². The number of hydrogen-bond acceptors (Lipinski definition) is 3. The number of amides is 2. The molecule has 0 heterocycles. The van der Waals surface area contributed by atoms with Crippen LogP contribution in [0.15, 0.2) is 0 Å². The van der Waals surface area contributed by atoms with Crippen LogP contribution in [-0.4, -0.2) is 37.5 Å². The van der Waals surface area contributed by atoms with Crippen LogP contribution in [0.2, 0.25) is 0 Å². The number of urea groups is 1. The van der Waals surface area contributed by atoms with Gasteiger partial charge in [0.2, 0.25) is 0 Å². The molecule has 5 heteroatoms. The first-order chi connectivity index (χ1) is 7.61. The molecule has 0 aliphatic rings. The Morgan fingerprint density at radius 1 is 1.00 bits per heavy atom. The third kappa shape index (κ3) is 5.68. The van der Waals surface area contributed by atoms with Crippen LogP contribution >= 0.6 is 0 Å². The largest absolute Gasteiger partial charge is 0.337 e. The number of likely N-dealkylation sites (N-methyl/N-ethyl adjacent to an activating group) is 1. The molecular weight excluding hydrogens is 218 g/mol. The molecule has 0 aliphatic carbocycles. The van der Waals surface area contributed by atoms with E-state index in [-0.39, 0.29) is 11.8 Å². The normalized spacial score (nSPS) is 12.1. The second-order valence-corrected chi connectivity index (χ2v) is 5.69. The Morgan fingerprint density at radius 2 is 1.53 bits per heavy atom. The van der Waals surface area contributed by atoms with Crippen molar-refractivity contribution in [2.24, 2.45) is 5.41 Å². The highest BCUT2D eigenvalue weighted by Gasteiger charge is 2.36. The third-order valence-corrected chi connectivity index (χ3v) is 2.34. The number of rotatable bonds is 5. The van der Waals surface area contributed by atoms with Crippen molar-refractivity contribution in [2.45, 2.75) is 40.2 Å². The molecule has 0 unspecified atom stereocenters. The fourth-order valence-electron chi connectivity index (χ4n) is 1.62. The van der Waals surface area contributed by atoms with E-state index in [1.165, 1.54) is 0 Å². The van der Waals surface area contributed by atoms with Crippen molar-refractivity contribution in [3.63, 3.8) is 0 Å². The summed E-state index contributed by atoms with van der Waals surface area (Å²) in [5, 5.41) is 8.30. The first-order valence-electron chi connectivity index (χ1n) is 5.87. The fraction of sp³-hybridized carbons (Fsp3) is 0.833. The average molecular weight is 243 g/mol. The highest BCUT2D eigenvalue weighted by Crippen LogP contribution is 2.22. The fourth-order valence-corrected chi connectivity index (χ4v) is 1.62. The van der Waals surface area contributed by atoms with E-state index in [0.29, 0.717) is 13.1 Å². The van der Waals surface area contributed by atoms with Gasteiger partial charge in [-0.15, -0.1) is 0 Å². The Labute approximate surface area is 104 Å². The van der Waals surface area contributed by atoms with Gasteiger partial charge in [-0.25, -0.2) is 4.79 Å². The quantitative estimate of drug-likeness (QED) is 0.628. The third-order valence-electron chi connectivity index (χ3n) is 2.34. The topological polar surface area (TPSA) is 70.2 Å². The van der Waals surface area contributed by atoms with E-state index in [4.69, 9.17) is 0 Å². The van der Waals surface area contributed by atoms with Crippen LogP contribution in [0, 0.1) is 5.41 Å². The molecule has 0 spiro atoms. The van der Waals surface area contributed by atoms with E-state index in [1.807, 2.05) is 27.8 Å². The molecule has 0 fully saturated rings. The zero-order chi connectivity index (χ0) is 13.7. The number of Topliss-reactive ketones (excluding diaryl/α,β-unsaturated/α-hetero) is 1. The van der Waals surface area contributed by atoms with Crippen LogP contribution in [0.3, 0.4) is 0 Å². The summed E-state index contributed by atoms with van der Waals surface area (Å²) in [5.74, 6) is 0.00812. The Morgan fingerprint density at radius 3 is 1.94 bits per heavy atom. The highest BCUT2D eigenvalue weighted by molar-refractivity contribution is 5.95. The summed E-state index contributed by atoms with van der Waals surface area (Å²) >= 11 is 0. The van der Waals surface area contributed by atoms with Gasteiger partial charge >= 0.3 is 6.03 Å². The molecule has 0 bridgehead atoms. The minimum atomic E-state index is -0.859. The van der Waals surface area contributed by atoms with Crippen LogP contribution in [0.4, 0.5) is 4.79 Å². The molecular formula is C12H25N3O2. The molecule has 17 heavy (non-hydrogen) atoms. The van der Waals surface area contributed by atoms with E-state index in [2.05, 4.69) is 16.0 Å². The summed E-state index contributed by atoms with van der Waals surface area (Å²) in [5.41, 5.74) is -1.33. The van der Waals surface area contributed by atoms with Crippen molar-refractivity contribution in [2.75, 3.05) is 20.1 Å². The summed E-state index contributed by atoms with van der Waals surface area (Å²) in [7, 11) is 1.81. The predicted octanol–water partition coefficient (Wildman–Crippen LogP) is 0.899. The lowest BCUT2D eigenvalue weighted by Gasteiger charge is -2.31. The molecule has 0 aromatic carbocycles. The van der Waals surface area contributed by atoms with Gasteiger partial charge in [-0.1, -0.05) is 20.8 Å². The molecule has 2 amide bonds. The molecule has 100 valence electrons. The number of carbonyl (C=O) groups is 2. The molecule has 0 saturated heterocycles. The summed E-state index contributed by atoms with van der Waals surface area (Å²) in [6.45, 7) is 10.2. The van der Waals surface area contributed by atoms with E-state index in [1.54, 1.807) is 13.8 Å². The van der Waals surface area contributed by atoms with Crippen LogP contribution in [0.5, 0.6) is 0 Å². The highest BCUT2D eigenvalue weighted by atomic mass is 16.2. The van der Waals surface area contributed by atoms with E-state index in [9.17, 15) is 9.59 Å². The molecule has 0 aromatic heterocycles. The first kappa shape index (κ1) is 15.9. The van der Waals surface area contributed by atoms with E-state index < -0.39 is 11.0 Å². The average Bonchev–Trinajstić information content (AvgIpc) is 2.14. The number of hydrogen-bond donors (Lipinski definition) is 3. The smallest absolute Gasteiger partial charge is 0.315 e. The lowest BCUT2D eigenvalue weighted by Crippen LogP contribution is -2.56. The standard InChI is InChI=1S/C12H25N3O2/c1-11(2,3)9(16)12(4,5)15-10(17)14-8-7-13-6/h13H,7-8H2,1-6H3,(H2,14,15,17). The molecule has 0 radical (unpaired) electrons. The Kier molecular flexibility index (Phi) is 5.61. The molecule has 5 nitrogen and oxygen atoms in total. The minimum absolute atomic E-state index is 0.00812. The molecule has 0 rings (SSSR count). The summed E-state index contributed by atoms with van der Waals surface area (Å²) in [6, 6.07) is -0.317. The van der Waals surface area contributed by atoms with Crippen molar-refractivity contribution in [1.29, 1.82) is 0 Å². The molecule has 0 aromatic rings. The summed E-state index contributed by atoms with van der Waals surface area (Å²) < 4.78 is 0. The molecule has 3 N–H and O–H groups in total. The Balaban J connectivity index is 4.35. The van der Waals surface area contributed by atoms with Gasteiger partial charge in [0.05, 0.1) is 5.54 Å². The minimum Gasteiger partial charge on any atom is -0.337 e. The monoisotopic (exact) mass is 243 g/mol. The summed E-state index contributed by atoms with van der Waals surface area (Å²) in [6.07, 6.45) is 0. The van der Waals surface area contributed by atoms with Gasteiger partial charge in [0.15, 0.2) is 5.78 Å². The lowest BCUT2D eigenvalue weighted by molar-refractivity contribution is -0.131. The number of carbonyl (C=O) groups excluding carboxylic acids is 2. The van der Waals surface area contributed by atoms with Crippen molar-refractivity contribution in [3.05, 3.63) is 0 Å². The Hall–Kier alpha value is -1.10. The molecule has 0 aliphatic heterocycles. The SMILES string of the molecule is CNCCNC(=O)NC(C)(C)C(=O)C(C)(C)C. The maximum absolute atomic E-state index is 12.1. The molecule has 0 saturated carbocycles. The van der Waals surface area contributed by atoms with Gasteiger partial charge in [-0.2, -0.15) is 0 Å². The molecule has 0 atom stereocenters. The maximum atomic E-state index is 12.1. The van der Waals surface area contributed by atoms with Gasteiger partial charge in [-0.3, -0.25) is 4.79 Å². The van der Waals surface area contributed by atoms with Gasteiger partial charge in [0.1, 0.15) is 0 Å². The zero-order valence-electron chi connectivity index (χ0n) is 11.7. The van der Waals surface area contributed by atoms with Gasteiger partial charge in [-0.05, 0) is 20.9 Å². The second-order valence-electron chi connectivity index (χ2n) is 5.69. The maximum Gasteiger partial charge on any atom is 0.315 e. The van der Waals surface area contributed by atoms with Gasteiger partial charge in [0, 0.05) is 18.5 Å². The van der Waals surface area contributed by atoms with Crippen LogP contribution < -0.4 is 16.0 Å². The second kappa shape index (κ2) is 6.00. The predicted molar refractivity (Wildman–Crippen MR) is 69.0 cm³/mol. The number of nitrogens with one attached hydrogen (secondary N) is 3. The van der Waals surface area contributed by atoms with E-state index in [0.717, 1.165) is 0 Å². The first-order valence-corrected chi connectivity index (χ1v) is 5.87. The van der Waals surface area contributed by atoms with Gasteiger partial charge in [0.25, 0.3) is 0 Å². The van der Waals surface area contributed by atoms with Crippen LogP contribution in [0.1, 0.15) is 34.6 Å². The summed E-state index contributed by atoms with van der Waals surface area (Å²) in [4.78, 5) is 23.7. The van der Waals surface area contributed by atoms with Crippen molar-refractivity contribution in [1.82, 2.24) is 16.0 Å². The van der Waals surface area contributed by atoms with Crippen molar-refractivity contribution >= 4 is 11.8 Å². The number of ketones is 1. The van der Waals surface area contributed by atoms with Crippen LogP contribution in [0.25, 0.3) is 0 Å². The van der Waals surface area contributed by atoms with E-state index >= 15 is 0 Å². The Bertz CT molecular complexity index is 280. The van der Waals surface area contributed by atoms with Crippen LogP contribution in [-0.2, 0) is 4.79 Å². The lowest BCUT2D eigenvalue weighted by atomic mass is 9.80. The zero-order valence-corrected chi connectivity index (χ0v) is 11.7. The van der Waals surface area contributed by atoms with Gasteiger partial charge < -0.3 is 16.0 Å². The van der Waals surface area contributed by atoms with Crippen molar-refractivity contribution in [3.8, 4) is 0 Å².